The molecule has 1 aliphatic rings. The number of carbonyl (C=O) groups is 1. The molecule has 168 valence electrons. The van der Waals surface area contributed by atoms with Crippen LogP contribution in [-0.2, 0) is 4.74 Å². The Hall–Kier alpha value is -3.42. The van der Waals surface area contributed by atoms with Crippen LogP contribution in [0.1, 0.15) is 35.7 Å². The van der Waals surface area contributed by atoms with E-state index in [1.165, 1.54) is 6.33 Å². The van der Waals surface area contributed by atoms with Crippen molar-refractivity contribution in [2.45, 2.75) is 31.9 Å². The number of aromatic amines is 1. The van der Waals surface area contributed by atoms with Gasteiger partial charge in [-0.05, 0) is 44.0 Å². The van der Waals surface area contributed by atoms with Gasteiger partial charge in [-0.1, -0.05) is 29.8 Å². The maximum absolute atomic E-state index is 13.4. The van der Waals surface area contributed by atoms with E-state index in [2.05, 4.69) is 27.2 Å². The van der Waals surface area contributed by atoms with Crippen molar-refractivity contribution in [2.75, 3.05) is 11.9 Å². The molecule has 8 heteroatoms. The van der Waals surface area contributed by atoms with Crippen molar-refractivity contribution in [3.05, 3.63) is 77.2 Å². The average molecular weight is 463 g/mol. The van der Waals surface area contributed by atoms with Crippen molar-refractivity contribution in [1.29, 1.82) is 0 Å². The van der Waals surface area contributed by atoms with E-state index >= 15 is 0 Å². The Bertz CT molecular complexity index is 1280. The average Bonchev–Trinajstić information content (AvgIpc) is 3.26. The van der Waals surface area contributed by atoms with Crippen molar-refractivity contribution < 1.29 is 14.3 Å². The Morgan fingerprint density at radius 1 is 1.12 bits per heavy atom. The lowest BCUT2D eigenvalue weighted by Gasteiger charge is -2.28. The number of nitrogens with zero attached hydrogens (tertiary/aromatic N) is 2. The van der Waals surface area contributed by atoms with Gasteiger partial charge in [0, 0.05) is 17.8 Å². The predicted octanol–water partition coefficient (Wildman–Crippen LogP) is 5.61. The lowest BCUT2D eigenvalue weighted by Crippen LogP contribution is -2.33. The van der Waals surface area contributed by atoms with E-state index in [1.807, 2.05) is 30.3 Å². The quantitative estimate of drug-likeness (QED) is 0.362. The van der Waals surface area contributed by atoms with Gasteiger partial charge in [-0.2, -0.15) is 0 Å². The highest BCUT2D eigenvalue weighted by atomic mass is 35.5. The SMILES string of the molecule is C[C@@H]1CC[C@@H](Nc2ncnc3[nH]cc(C(=O)c4ccc(Oc5ccccc5)cc4Cl)c23)CO1. The summed E-state index contributed by atoms with van der Waals surface area (Å²) in [6, 6.07) is 14.6. The molecule has 0 radical (unpaired) electrons. The number of para-hydroxylation sites is 1. The molecular formula is C25H23ClN4O3. The fourth-order valence-electron chi connectivity index (χ4n) is 3.95. The normalized spacial score (nSPS) is 18.2. The standard InChI is InChI=1S/C25H23ClN4O3/c1-15-7-8-16(13-32-15)30-25-22-20(12-27-24(22)28-14-29-25)23(31)19-10-9-18(11-21(19)26)33-17-5-3-2-4-6-17/h2-6,9-12,14-16H,7-8,13H2,1H3,(H2,27,28,29,30)/t15-,16-/m1/s1. The maximum atomic E-state index is 13.4. The number of rotatable bonds is 6. The van der Waals surface area contributed by atoms with E-state index in [0.29, 0.717) is 51.1 Å². The number of aromatic nitrogens is 3. The van der Waals surface area contributed by atoms with Gasteiger partial charge in [-0.3, -0.25) is 4.79 Å². The smallest absolute Gasteiger partial charge is 0.196 e. The molecule has 0 aliphatic carbocycles. The third kappa shape index (κ3) is 4.55. The monoisotopic (exact) mass is 462 g/mol. The molecule has 3 heterocycles. The predicted molar refractivity (Wildman–Crippen MR) is 127 cm³/mol. The fraction of sp³-hybridized carbons (Fsp3) is 0.240. The summed E-state index contributed by atoms with van der Waals surface area (Å²) >= 11 is 6.49. The summed E-state index contributed by atoms with van der Waals surface area (Å²) in [6.45, 7) is 2.66. The van der Waals surface area contributed by atoms with Gasteiger partial charge in [0.1, 0.15) is 29.3 Å². The lowest BCUT2D eigenvalue weighted by molar-refractivity contribution is 0.0214. The molecule has 5 rings (SSSR count). The first kappa shape index (κ1) is 21.4. The van der Waals surface area contributed by atoms with Crippen LogP contribution in [0, 0.1) is 0 Å². The third-order valence-corrected chi connectivity index (χ3v) is 6.04. The molecule has 0 bridgehead atoms. The number of halogens is 1. The van der Waals surface area contributed by atoms with Crippen LogP contribution in [0.15, 0.2) is 61.1 Å². The molecule has 4 aromatic rings. The first-order valence-corrected chi connectivity index (χ1v) is 11.2. The van der Waals surface area contributed by atoms with Gasteiger partial charge in [-0.15, -0.1) is 0 Å². The molecule has 2 aromatic carbocycles. The third-order valence-electron chi connectivity index (χ3n) is 5.72. The van der Waals surface area contributed by atoms with Crippen LogP contribution in [0.25, 0.3) is 11.0 Å². The molecule has 0 unspecified atom stereocenters. The van der Waals surface area contributed by atoms with E-state index in [9.17, 15) is 4.79 Å². The summed E-state index contributed by atoms with van der Waals surface area (Å²) in [6.07, 6.45) is 5.32. The number of nitrogens with one attached hydrogen (secondary N) is 2. The van der Waals surface area contributed by atoms with E-state index in [0.717, 1.165) is 12.8 Å². The van der Waals surface area contributed by atoms with Crippen LogP contribution in [0.2, 0.25) is 5.02 Å². The molecule has 0 amide bonds. The van der Waals surface area contributed by atoms with Gasteiger partial charge >= 0.3 is 0 Å². The molecule has 2 N–H and O–H groups in total. The maximum Gasteiger partial charge on any atom is 0.196 e. The summed E-state index contributed by atoms with van der Waals surface area (Å²) in [5.74, 6) is 1.63. The highest BCUT2D eigenvalue weighted by Crippen LogP contribution is 2.31. The van der Waals surface area contributed by atoms with E-state index < -0.39 is 0 Å². The molecule has 7 nitrogen and oxygen atoms in total. The van der Waals surface area contributed by atoms with Crippen molar-refractivity contribution in [3.63, 3.8) is 0 Å². The Morgan fingerprint density at radius 2 is 1.97 bits per heavy atom. The number of fused-ring (bicyclic) bond motifs is 1. The zero-order chi connectivity index (χ0) is 22.8. The van der Waals surface area contributed by atoms with Crippen molar-refractivity contribution in [2.24, 2.45) is 0 Å². The highest BCUT2D eigenvalue weighted by molar-refractivity contribution is 6.35. The Morgan fingerprint density at radius 3 is 2.73 bits per heavy atom. The summed E-state index contributed by atoms with van der Waals surface area (Å²) in [7, 11) is 0. The van der Waals surface area contributed by atoms with Gasteiger partial charge in [0.05, 0.1) is 34.7 Å². The van der Waals surface area contributed by atoms with Crippen LogP contribution < -0.4 is 10.1 Å². The van der Waals surface area contributed by atoms with E-state index in [-0.39, 0.29) is 17.9 Å². The molecule has 1 aliphatic heterocycles. The summed E-state index contributed by atoms with van der Waals surface area (Å²) in [5.41, 5.74) is 1.42. The molecule has 0 saturated carbocycles. The van der Waals surface area contributed by atoms with Gasteiger partial charge in [0.2, 0.25) is 0 Å². The first-order valence-electron chi connectivity index (χ1n) is 10.9. The minimum absolute atomic E-state index is 0.121. The Kier molecular flexibility index (Phi) is 5.98. The second-order valence-electron chi connectivity index (χ2n) is 8.10. The highest BCUT2D eigenvalue weighted by Gasteiger charge is 2.24. The molecule has 2 atom stereocenters. The van der Waals surface area contributed by atoms with Crippen molar-refractivity contribution in [1.82, 2.24) is 15.0 Å². The van der Waals surface area contributed by atoms with Crippen LogP contribution in [0.5, 0.6) is 11.5 Å². The zero-order valence-corrected chi connectivity index (χ0v) is 18.8. The van der Waals surface area contributed by atoms with Crippen molar-refractivity contribution >= 4 is 34.2 Å². The molecule has 1 fully saturated rings. The summed E-state index contributed by atoms with van der Waals surface area (Å²) in [5, 5.41) is 4.38. The summed E-state index contributed by atoms with van der Waals surface area (Å²) in [4.78, 5) is 25.2. The second-order valence-corrected chi connectivity index (χ2v) is 8.50. The molecule has 0 spiro atoms. The van der Waals surface area contributed by atoms with Crippen LogP contribution in [-0.4, -0.2) is 39.5 Å². The van der Waals surface area contributed by atoms with Crippen LogP contribution in [0.3, 0.4) is 0 Å². The number of carbonyl (C=O) groups excluding carboxylic acids is 1. The zero-order valence-electron chi connectivity index (χ0n) is 18.0. The van der Waals surface area contributed by atoms with Crippen molar-refractivity contribution in [3.8, 4) is 11.5 Å². The largest absolute Gasteiger partial charge is 0.457 e. The minimum Gasteiger partial charge on any atom is -0.457 e. The topological polar surface area (TPSA) is 89.1 Å². The number of ketones is 1. The number of ether oxygens (including phenoxy) is 2. The van der Waals surface area contributed by atoms with Gasteiger partial charge in [0.25, 0.3) is 0 Å². The molecule has 2 aromatic heterocycles. The minimum atomic E-state index is -0.219. The Balaban J connectivity index is 1.42. The number of H-pyrrole nitrogens is 1. The van der Waals surface area contributed by atoms with Crippen LogP contribution >= 0.6 is 11.6 Å². The molecule has 33 heavy (non-hydrogen) atoms. The fourth-order valence-corrected chi connectivity index (χ4v) is 4.21. The number of benzene rings is 2. The second kappa shape index (κ2) is 9.21. The molecule has 1 saturated heterocycles. The van der Waals surface area contributed by atoms with E-state index in [1.54, 1.807) is 24.4 Å². The molecular weight excluding hydrogens is 440 g/mol. The number of anilines is 1. The lowest BCUT2D eigenvalue weighted by atomic mass is 10.0. The first-order chi connectivity index (χ1) is 16.1. The number of hydrogen-bond donors (Lipinski definition) is 2. The van der Waals surface area contributed by atoms with E-state index in [4.69, 9.17) is 21.1 Å². The van der Waals surface area contributed by atoms with Gasteiger partial charge in [-0.25, -0.2) is 9.97 Å². The van der Waals surface area contributed by atoms with Crippen LogP contribution in [0.4, 0.5) is 5.82 Å². The summed E-state index contributed by atoms with van der Waals surface area (Å²) < 4.78 is 11.6. The van der Waals surface area contributed by atoms with Gasteiger partial charge in [0.15, 0.2) is 5.78 Å². The number of hydrogen-bond acceptors (Lipinski definition) is 6. The van der Waals surface area contributed by atoms with Gasteiger partial charge < -0.3 is 19.8 Å². The Labute approximate surface area is 196 Å².